The van der Waals surface area contributed by atoms with E-state index in [2.05, 4.69) is 40.5 Å². The number of methoxy groups -OCH3 is 1. The van der Waals surface area contributed by atoms with Crippen LogP contribution in [0.2, 0.25) is 0 Å². The Balaban J connectivity index is 1.85. The number of benzene rings is 1. The van der Waals surface area contributed by atoms with Gasteiger partial charge in [-0.15, -0.1) is 0 Å². The first-order chi connectivity index (χ1) is 8.28. The molecular weight excluding hydrogens is 212 g/mol. The van der Waals surface area contributed by atoms with Crippen LogP contribution in [0.4, 0.5) is 0 Å². The van der Waals surface area contributed by atoms with E-state index in [1.165, 1.54) is 11.1 Å². The fourth-order valence-corrected chi connectivity index (χ4v) is 1.80. The van der Waals surface area contributed by atoms with Gasteiger partial charge in [0.05, 0.1) is 7.11 Å². The lowest BCUT2D eigenvalue weighted by Crippen LogP contribution is -2.12. The zero-order valence-corrected chi connectivity index (χ0v) is 10.3. The maximum absolute atomic E-state index is 5.19. The van der Waals surface area contributed by atoms with Gasteiger partial charge in [-0.05, 0) is 29.3 Å². The van der Waals surface area contributed by atoms with Gasteiger partial charge in [-0.2, -0.15) is 0 Å². The standard InChI is InChI=1S/C14H18N2O/c1-16-7-6-13(11-16)10-15-9-12-4-3-5-14(8-12)17-2/h3-8,11,15H,9-10H2,1-2H3. The van der Waals surface area contributed by atoms with Crippen LogP contribution in [0.15, 0.2) is 42.7 Å². The van der Waals surface area contributed by atoms with Crippen LogP contribution in [0.5, 0.6) is 5.75 Å². The molecule has 3 heteroatoms. The molecule has 0 fully saturated rings. The molecule has 0 bridgehead atoms. The van der Waals surface area contributed by atoms with Gasteiger partial charge < -0.3 is 14.6 Å². The molecule has 2 aromatic rings. The van der Waals surface area contributed by atoms with Crippen LogP contribution in [0.1, 0.15) is 11.1 Å². The number of aromatic nitrogens is 1. The van der Waals surface area contributed by atoms with Crippen molar-refractivity contribution in [3.05, 3.63) is 53.9 Å². The van der Waals surface area contributed by atoms with Crippen LogP contribution in [-0.4, -0.2) is 11.7 Å². The normalized spacial score (nSPS) is 10.5. The minimum Gasteiger partial charge on any atom is -0.497 e. The van der Waals surface area contributed by atoms with E-state index in [4.69, 9.17) is 4.74 Å². The Kier molecular flexibility index (Phi) is 3.83. The van der Waals surface area contributed by atoms with E-state index in [-0.39, 0.29) is 0 Å². The quantitative estimate of drug-likeness (QED) is 0.853. The van der Waals surface area contributed by atoms with E-state index in [0.717, 1.165) is 18.8 Å². The molecule has 2 rings (SSSR count). The van der Waals surface area contributed by atoms with Crippen LogP contribution < -0.4 is 10.1 Å². The molecule has 0 unspecified atom stereocenters. The summed E-state index contributed by atoms with van der Waals surface area (Å²) in [7, 11) is 3.72. The molecule has 0 aliphatic rings. The highest BCUT2D eigenvalue weighted by molar-refractivity contribution is 5.28. The summed E-state index contributed by atoms with van der Waals surface area (Å²) >= 11 is 0. The molecule has 1 aromatic carbocycles. The lowest BCUT2D eigenvalue weighted by molar-refractivity contribution is 0.414. The third-order valence-electron chi connectivity index (χ3n) is 2.69. The van der Waals surface area contributed by atoms with E-state index in [1.807, 2.05) is 19.2 Å². The smallest absolute Gasteiger partial charge is 0.119 e. The Labute approximate surface area is 102 Å². The van der Waals surface area contributed by atoms with Gasteiger partial charge in [-0.3, -0.25) is 0 Å². The largest absolute Gasteiger partial charge is 0.497 e. The Morgan fingerprint density at radius 3 is 2.71 bits per heavy atom. The van der Waals surface area contributed by atoms with Crippen LogP contribution >= 0.6 is 0 Å². The summed E-state index contributed by atoms with van der Waals surface area (Å²) in [6.45, 7) is 1.74. The molecule has 0 amide bonds. The molecule has 0 saturated heterocycles. The predicted molar refractivity (Wildman–Crippen MR) is 69.0 cm³/mol. The lowest BCUT2D eigenvalue weighted by atomic mass is 10.2. The molecular formula is C14H18N2O. The minimum atomic E-state index is 0.853. The van der Waals surface area contributed by atoms with Crippen molar-refractivity contribution in [1.82, 2.24) is 9.88 Å². The van der Waals surface area contributed by atoms with Gasteiger partial charge in [-0.1, -0.05) is 12.1 Å². The maximum atomic E-state index is 5.19. The van der Waals surface area contributed by atoms with Crippen molar-refractivity contribution in [3.8, 4) is 5.75 Å². The van der Waals surface area contributed by atoms with Gasteiger partial charge in [0.2, 0.25) is 0 Å². The zero-order valence-electron chi connectivity index (χ0n) is 10.3. The second-order valence-electron chi connectivity index (χ2n) is 4.14. The highest BCUT2D eigenvalue weighted by Crippen LogP contribution is 2.12. The maximum Gasteiger partial charge on any atom is 0.119 e. The molecule has 0 aliphatic heterocycles. The van der Waals surface area contributed by atoms with Gasteiger partial charge in [0.15, 0.2) is 0 Å². The monoisotopic (exact) mass is 230 g/mol. The SMILES string of the molecule is COc1cccc(CNCc2ccn(C)c2)c1. The third kappa shape index (κ3) is 3.36. The number of aryl methyl sites for hydroxylation is 1. The highest BCUT2D eigenvalue weighted by atomic mass is 16.5. The van der Waals surface area contributed by atoms with Crippen LogP contribution in [0, 0.1) is 0 Å². The average Bonchev–Trinajstić information content (AvgIpc) is 2.75. The summed E-state index contributed by atoms with van der Waals surface area (Å²) in [5.41, 5.74) is 2.54. The summed E-state index contributed by atoms with van der Waals surface area (Å²) in [5, 5.41) is 3.41. The van der Waals surface area contributed by atoms with Gasteiger partial charge in [0.1, 0.15) is 5.75 Å². The number of hydrogen-bond acceptors (Lipinski definition) is 2. The average molecular weight is 230 g/mol. The van der Waals surface area contributed by atoms with Gasteiger partial charge >= 0.3 is 0 Å². The summed E-state index contributed by atoms with van der Waals surface area (Å²) < 4.78 is 7.25. The first-order valence-corrected chi connectivity index (χ1v) is 5.72. The predicted octanol–water partition coefficient (Wildman–Crippen LogP) is 2.32. The molecule has 1 aromatic heterocycles. The van der Waals surface area contributed by atoms with Crippen molar-refractivity contribution < 1.29 is 4.74 Å². The van der Waals surface area contributed by atoms with E-state index < -0.39 is 0 Å². The van der Waals surface area contributed by atoms with Crippen LogP contribution in [0.25, 0.3) is 0 Å². The summed E-state index contributed by atoms with van der Waals surface area (Å²) in [6.07, 6.45) is 4.18. The number of hydrogen-bond donors (Lipinski definition) is 1. The Bertz CT molecular complexity index is 477. The molecule has 17 heavy (non-hydrogen) atoms. The Morgan fingerprint density at radius 1 is 1.18 bits per heavy atom. The van der Waals surface area contributed by atoms with Gasteiger partial charge in [-0.25, -0.2) is 0 Å². The fourth-order valence-electron chi connectivity index (χ4n) is 1.80. The fraction of sp³-hybridized carbons (Fsp3) is 0.286. The summed E-state index contributed by atoms with van der Waals surface area (Å²) in [4.78, 5) is 0. The number of nitrogens with one attached hydrogen (secondary N) is 1. The number of rotatable bonds is 5. The van der Waals surface area contributed by atoms with Crippen molar-refractivity contribution in [2.24, 2.45) is 7.05 Å². The highest BCUT2D eigenvalue weighted by Gasteiger charge is 1.97. The second kappa shape index (κ2) is 5.55. The number of nitrogens with zero attached hydrogens (tertiary/aromatic N) is 1. The Morgan fingerprint density at radius 2 is 2.00 bits per heavy atom. The van der Waals surface area contributed by atoms with Crippen LogP contribution in [0.3, 0.4) is 0 Å². The lowest BCUT2D eigenvalue weighted by Gasteiger charge is -2.05. The molecule has 1 N–H and O–H groups in total. The van der Waals surface area contributed by atoms with Crippen molar-refractivity contribution >= 4 is 0 Å². The summed E-state index contributed by atoms with van der Waals surface area (Å²) in [5.74, 6) is 0.906. The molecule has 0 saturated carbocycles. The zero-order chi connectivity index (χ0) is 12.1. The van der Waals surface area contributed by atoms with E-state index in [1.54, 1.807) is 7.11 Å². The van der Waals surface area contributed by atoms with Gasteiger partial charge in [0, 0.05) is 32.5 Å². The molecule has 0 aliphatic carbocycles. The first kappa shape index (κ1) is 11.7. The molecule has 1 heterocycles. The van der Waals surface area contributed by atoms with E-state index in [0.29, 0.717) is 0 Å². The van der Waals surface area contributed by atoms with Gasteiger partial charge in [0.25, 0.3) is 0 Å². The molecule has 0 spiro atoms. The number of ether oxygens (including phenoxy) is 1. The Hall–Kier alpha value is -1.74. The van der Waals surface area contributed by atoms with Crippen LogP contribution in [-0.2, 0) is 20.1 Å². The molecule has 0 radical (unpaired) electrons. The molecule has 3 nitrogen and oxygen atoms in total. The molecule has 90 valence electrons. The molecule has 0 atom stereocenters. The van der Waals surface area contributed by atoms with Crippen molar-refractivity contribution in [2.75, 3.05) is 7.11 Å². The first-order valence-electron chi connectivity index (χ1n) is 5.72. The van der Waals surface area contributed by atoms with Crippen molar-refractivity contribution in [3.63, 3.8) is 0 Å². The second-order valence-corrected chi connectivity index (χ2v) is 4.14. The van der Waals surface area contributed by atoms with E-state index >= 15 is 0 Å². The third-order valence-corrected chi connectivity index (χ3v) is 2.69. The van der Waals surface area contributed by atoms with Crippen molar-refractivity contribution in [1.29, 1.82) is 0 Å². The van der Waals surface area contributed by atoms with E-state index in [9.17, 15) is 0 Å². The minimum absolute atomic E-state index is 0.853. The topological polar surface area (TPSA) is 26.2 Å². The van der Waals surface area contributed by atoms with Crippen molar-refractivity contribution in [2.45, 2.75) is 13.1 Å². The summed E-state index contributed by atoms with van der Waals surface area (Å²) in [6, 6.07) is 10.2.